The van der Waals surface area contributed by atoms with E-state index in [-0.39, 0.29) is 11.8 Å². The summed E-state index contributed by atoms with van der Waals surface area (Å²) in [6.07, 6.45) is 0. The molecule has 1 aromatic heterocycles. The molecule has 1 atom stereocenters. The second-order valence-corrected chi connectivity index (χ2v) is 6.59. The Kier molecular flexibility index (Phi) is 4.09. The minimum Gasteiger partial charge on any atom is -0.350 e. The fraction of sp³-hybridized carbons (Fsp3) is 0.176. The first-order valence-electron chi connectivity index (χ1n) is 7.00. The van der Waals surface area contributed by atoms with Gasteiger partial charge < -0.3 is 10.6 Å². The Hall–Kier alpha value is -1.98. The molecular formula is C17H16N2OS2. The van der Waals surface area contributed by atoms with Gasteiger partial charge in [-0.05, 0) is 43.1 Å². The van der Waals surface area contributed by atoms with Crippen molar-refractivity contribution in [2.45, 2.75) is 19.9 Å². The first-order chi connectivity index (χ1) is 10.6. The van der Waals surface area contributed by atoms with E-state index in [1.807, 2.05) is 42.6 Å². The fourth-order valence-corrected chi connectivity index (χ4v) is 3.87. The minimum atomic E-state index is -0.193. The zero-order valence-electron chi connectivity index (χ0n) is 12.3. The number of benzene rings is 1. The van der Waals surface area contributed by atoms with Crippen molar-refractivity contribution in [1.82, 2.24) is 10.6 Å². The van der Waals surface area contributed by atoms with E-state index < -0.39 is 0 Å². The SMILES string of the molecule is CC1=C(C(=O)c2ccccc2)[C@H](c2sccc2C)NC(=S)N1. The van der Waals surface area contributed by atoms with E-state index in [1.54, 1.807) is 11.3 Å². The van der Waals surface area contributed by atoms with Gasteiger partial charge in [0.2, 0.25) is 0 Å². The van der Waals surface area contributed by atoms with Gasteiger partial charge in [-0.3, -0.25) is 4.79 Å². The van der Waals surface area contributed by atoms with Crippen molar-refractivity contribution in [2.24, 2.45) is 0 Å². The molecular weight excluding hydrogens is 312 g/mol. The lowest BCUT2D eigenvalue weighted by Gasteiger charge is -2.30. The molecule has 0 saturated carbocycles. The normalized spacial score (nSPS) is 17.9. The van der Waals surface area contributed by atoms with Gasteiger partial charge >= 0.3 is 0 Å². The van der Waals surface area contributed by atoms with Crippen LogP contribution in [0.5, 0.6) is 0 Å². The molecule has 2 heterocycles. The molecule has 2 aromatic rings. The number of nitrogens with one attached hydrogen (secondary N) is 2. The van der Waals surface area contributed by atoms with Gasteiger partial charge in [-0.1, -0.05) is 30.3 Å². The molecule has 3 nitrogen and oxygen atoms in total. The highest BCUT2D eigenvalue weighted by molar-refractivity contribution is 7.80. The van der Waals surface area contributed by atoms with E-state index >= 15 is 0 Å². The van der Waals surface area contributed by atoms with Gasteiger partial charge in [0.1, 0.15) is 0 Å². The molecule has 0 aliphatic carbocycles. The van der Waals surface area contributed by atoms with Crippen molar-refractivity contribution >= 4 is 34.5 Å². The minimum absolute atomic E-state index is 0.0263. The smallest absolute Gasteiger partial charge is 0.193 e. The van der Waals surface area contributed by atoms with Crippen LogP contribution in [0.1, 0.15) is 33.8 Å². The number of ketones is 1. The number of hydrogen-bond acceptors (Lipinski definition) is 3. The third-order valence-corrected chi connectivity index (χ3v) is 5.02. The predicted octanol–water partition coefficient (Wildman–Crippen LogP) is 3.73. The quantitative estimate of drug-likeness (QED) is 0.665. The molecule has 112 valence electrons. The topological polar surface area (TPSA) is 41.1 Å². The fourth-order valence-electron chi connectivity index (χ4n) is 2.62. The summed E-state index contributed by atoms with van der Waals surface area (Å²) >= 11 is 6.91. The number of allylic oxidation sites excluding steroid dienone is 1. The highest BCUT2D eigenvalue weighted by atomic mass is 32.1. The Morgan fingerprint density at radius 2 is 1.91 bits per heavy atom. The van der Waals surface area contributed by atoms with Crippen LogP contribution in [0, 0.1) is 6.92 Å². The van der Waals surface area contributed by atoms with Crippen LogP contribution in [-0.2, 0) is 0 Å². The van der Waals surface area contributed by atoms with E-state index in [9.17, 15) is 4.79 Å². The van der Waals surface area contributed by atoms with Crippen LogP contribution in [0.15, 0.2) is 53.0 Å². The number of thiophene rings is 1. The highest BCUT2D eigenvalue weighted by Crippen LogP contribution is 2.34. The highest BCUT2D eigenvalue weighted by Gasteiger charge is 2.31. The summed E-state index contributed by atoms with van der Waals surface area (Å²) in [5.74, 6) is 0.0263. The van der Waals surface area contributed by atoms with Gasteiger partial charge in [-0.15, -0.1) is 11.3 Å². The molecule has 0 saturated heterocycles. The van der Waals surface area contributed by atoms with E-state index in [0.717, 1.165) is 16.1 Å². The van der Waals surface area contributed by atoms with Gasteiger partial charge in [0.05, 0.1) is 6.04 Å². The molecule has 0 bridgehead atoms. The zero-order chi connectivity index (χ0) is 15.7. The zero-order valence-corrected chi connectivity index (χ0v) is 14.0. The molecule has 2 N–H and O–H groups in total. The predicted molar refractivity (Wildman–Crippen MR) is 94.1 cm³/mol. The lowest BCUT2D eigenvalue weighted by atomic mass is 9.92. The Morgan fingerprint density at radius 3 is 2.55 bits per heavy atom. The summed E-state index contributed by atoms with van der Waals surface area (Å²) in [6.45, 7) is 3.96. The van der Waals surface area contributed by atoms with E-state index in [2.05, 4.69) is 23.6 Å². The molecule has 1 aliphatic rings. The van der Waals surface area contributed by atoms with Crippen LogP contribution >= 0.6 is 23.6 Å². The third-order valence-electron chi connectivity index (χ3n) is 3.71. The first-order valence-corrected chi connectivity index (χ1v) is 8.28. The second kappa shape index (κ2) is 6.02. The molecule has 1 aliphatic heterocycles. The average molecular weight is 328 g/mol. The van der Waals surface area contributed by atoms with Crippen molar-refractivity contribution in [3.8, 4) is 0 Å². The van der Waals surface area contributed by atoms with Crippen molar-refractivity contribution in [3.63, 3.8) is 0 Å². The van der Waals surface area contributed by atoms with Crippen LogP contribution in [0.4, 0.5) is 0 Å². The van der Waals surface area contributed by atoms with Crippen LogP contribution in [-0.4, -0.2) is 10.9 Å². The number of Topliss-reactive ketones (excluding diaryl/α,β-unsaturated/α-hetero) is 1. The summed E-state index contributed by atoms with van der Waals surface area (Å²) < 4.78 is 0. The van der Waals surface area contributed by atoms with Crippen LogP contribution in [0.3, 0.4) is 0 Å². The lowest BCUT2D eigenvalue weighted by Crippen LogP contribution is -2.44. The number of rotatable bonds is 3. The molecule has 0 spiro atoms. The summed E-state index contributed by atoms with van der Waals surface area (Å²) in [5, 5.41) is 8.91. The summed E-state index contributed by atoms with van der Waals surface area (Å²) in [5.41, 5.74) is 3.39. The van der Waals surface area contributed by atoms with E-state index in [1.165, 1.54) is 5.56 Å². The summed E-state index contributed by atoms with van der Waals surface area (Å²) in [7, 11) is 0. The number of aryl methyl sites for hydroxylation is 1. The molecule has 5 heteroatoms. The Balaban J connectivity index is 2.08. The van der Waals surface area contributed by atoms with Crippen molar-refractivity contribution in [3.05, 3.63) is 69.1 Å². The Morgan fingerprint density at radius 1 is 1.18 bits per heavy atom. The molecule has 0 fully saturated rings. The monoisotopic (exact) mass is 328 g/mol. The third kappa shape index (κ3) is 2.69. The maximum absolute atomic E-state index is 13.0. The molecule has 22 heavy (non-hydrogen) atoms. The molecule has 0 amide bonds. The van der Waals surface area contributed by atoms with Crippen molar-refractivity contribution in [1.29, 1.82) is 0 Å². The number of carbonyl (C=O) groups excluding carboxylic acids is 1. The largest absolute Gasteiger partial charge is 0.350 e. The van der Waals surface area contributed by atoms with Crippen LogP contribution in [0.25, 0.3) is 0 Å². The number of carbonyl (C=O) groups is 1. The maximum atomic E-state index is 13.0. The first kappa shape index (κ1) is 14.9. The van der Waals surface area contributed by atoms with Crippen molar-refractivity contribution in [2.75, 3.05) is 0 Å². The van der Waals surface area contributed by atoms with E-state index in [4.69, 9.17) is 12.2 Å². The number of hydrogen-bond donors (Lipinski definition) is 2. The standard InChI is InChI=1S/C17H16N2OS2/c1-10-8-9-22-16(10)14-13(11(2)18-17(21)19-14)15(20)12-6-4-3-5-7-12/h3-9,14H,1-2H3,(H2,18,19,21)/t14-/m1/s1. The summed E-state index contributed by atoms with van der Waals surface area (Å²) in [6, 6.07) is 11.2. The number of thiocarbonyl (C=S) groups is 1. The summed E-state index contributed by atoms with van der Waals surface area (Å²) in [4.78, 5) is 14.1. The van der Waals surface area contributed by atoms with Crippen LogP contribution in [0.2, 0.25) is 0 Å². The molecule has 3 rings (SSSR count). The van der Waals surface area contributed by atoms with Crippen molar-refractivity contribution < 1.29 is 4.79 Å². The Bertz CT molecular complexity index is 762. The molecule has 0 unspecified atom stereocenters. The Labute approximate surface area is 139 Å². The lowest BCUT2D eigenvalue weighted by molar-refractivity contribution is 0.102. The molecule has 1 aromatic carbocycles. The van der Waals surface area contributed by atoms with Crippen LogP contribution < -0.4 is 10.6 Å². The van der Waals surface area contributed by atoms with Gasteiger partial charge in [-0.2, -0.15) is 0 Å². The van der Waals surface area contributed by atoms with Gasteiger partial charge in [0, 0.05) is 21.7 Å². The average Bonchev–Trinajstić information content (AvgIpc) is 2.93. The van der Waals surface area contributed by atoms with Gasteiger partial charge in [0.25, 0.3) is 0 Å². The van der Waals surface area contributed by atoms with E-state index in [0.29, 0.717) is 10.7 Å². The van der Waals surface area contributed by atoms with Gasteiger partial charge in [0.15, 0.2) is 10.9 Å². The molecule has 0 radical (unpaired) electrons. The second-order valence-electron chi connectivity index (χ2n) is 5.23. The van der Waals surface area contributed by atoms with Gasteiger partial charge in [-0.25, -0.2) is 0 Å². The maximum Gasteiger partial charge on any atom is 0.193 e.